The number of nitrogens with two attached hydrogens (primary N) is 1. The second kappa shape index (κ2) is 6.62. The van der Waals surface area contributed by atoms with Gasteiger partial charge in [-0.3, -0.25) is 0 Å². The molecule has 2 aromatic rings. The lowest BCUT2D eigenvalue weighted by Gasteiger charge is -2.09. The van der Waals surface area contributed by atoms with E-state index in [0.29, 0.717) is 0 Å². The molecule has 0 aliphatic carbocycles. The van der Waals surface area contributed by atoms with E-state index in [1.165, 1.54) is 5.56 Å². The van der Waals surface area contributed by atoms with Crippen LogP contribution in [0.3, 0.4) is 0 Å². The average Bonchev–Trinajstić information content (AvgIpc) is 2.40. The quantitative estimate of drug-likeness (QED) is 0.656. The Bertz CT molecular complexity index is 537. The summed E-state index contributed by atoms with van der Waals surface area (Å²) in [7, 11) is 0. The molecule has 0 aliphatic heterocycles. The van der Waals surface area contributed by atoms with Crippen molar-refractivity contribution in [2.75, 3.05) is 12.3 Å². The summed E-state index contributed by atoms with van der Waals surface area (Å²) in [6, 6.07) is 14.1. The molecule has 0 bridgehead atoms. The summed E-state index contributed by atoms with van der Waals surface area (Å²) in [5, 5.41) is 0. The van der Waals surface area contributed by atoms with Gasteiger partial charge in [-0.1, -0.05) is 34.1 Å². The van der Waals surface area contributed by atoms with Crippen LogP contribution in [-0.2, 0) is 6.42 Å². The zero-order valence-corrected chi connectivity index (χ0v) is 12.6. The van der Waals surface area contributed by atoms with Gasteiger partial charge in [-0.15, -0.1) is 0 Å². The molecule has 0 radical (unpaired) electrons. The summed E-state index contributed by atoms with van der Waals surface area (Å²) in [5.74, 6) is 0.951. The molecule has 19 heavy (non-hydrogen) atoms. The molecule has 0 atom stereocenters. The van der Waals surface area contributed by atoms with Crippen molar-refractivity contribution in [2.24, 2.45) is 0 Å². The van der Waals surface area contributed by atoms with Crippen LogP contribution in [0, 0.1) is 6.92 Å². The van der Waals surface area contributed by atoms with E-state index < -0.39 is 0 Å². The van der Waals surface area contributed by atoms with Crippen molar-refractivity contribution < 1.29 is 4.74 Å². The Morgan fingerprint density at radius 2 is 1.84 bits per heavy atom. The second-order valence-corrected chi connectivity index (χ2v) is 5.52. The van der Waals surface area contributed by atoms with E-state index in [9.17, 15) is 0 Å². The van der Waals surface area contributed by atoms with Gasteiger partial charge in [-0.2, -0.15) is 0 Å². The summed E-state index contributed by atoms with van der Waals surface area (Å²) >= 11 is 3.46. The molecule has 0 amide bonds. The number of hydrogen-bond acceptors (Lipinski definition) is 2. The highest BCUT2D eigenvalue weighted by Gasteiger charge is 2.00. The highest BCUT2D eigenvalue weighted by Crippen LogP contribution is 2.23. The van der Waals surface area contributed by atoms with Gasteiger partial charge in [-0.05, 0) is 55.2 Å². The molecule has 2 aromatic carbocycles. The molecule has 0 saturated heterocycles. The molecular formula is C16H18BrNO. The number of halogens is 1. The van der Waals surface area contributed by atoms with Gasteiger partial charge in [0.2, 0.25) is 0 Å². The van der Waals surface area contributed by atoms with E-state index in [2.05, 4.69) is 41.1 Å². The maximum atomic E-state index is 5.81. The fraction of sp³-hybridized carbons (Fsp3) is 0.250. The zero-order chi connectivity index (χ0) is 13.7. The van der Waals surface area contributed by atoms with E-state index in [0.717, 1.165) is 40.9 Å². The van der Waals surface area contributed by atoms with Crippen LogP contribution in [0.4, 0.5) is 5.69 Å². The summed E-state index contributed by atoms with van der Waals surface area (Å²) in [6.45, 7) is 2.78. The third kappa shape index (κ3) is 4.28. The van der Waals surface area contributed by atoms with Crippen LogP contribution in [0.2, 0.25) is 0 Å². The first-order chi connectivity index (χ1) is 9.15. The summed E-state index contributed by atoms with van der Waals surface area (Å²) < 4.78 is 6.86. The monoisotopic (exact) mass is 319 g/mol. The van der Waals surface area contributed by atoms with Gasteiger partial charge < -0.3 is 10.5 Å². The van der Waals surface area contributed by atoms with Gasteiger partial charge in [0.25, 0.3) is 0 Å². The molecule has 0 heterocycles. The fourth-order valence-corrected chi connectivity index (χ4v) is 2.21. The first-order valence-electron chi connectivity index (χ1n) is 6.38. The van der Waals surface area contributed by atoms with Crippen molar-refractivity contribution in [3.8, 4) is 5.75 Å². The van der Waals surface area contributed by atoms with Crippen molar-refractivity contribution in [1.82, 2.24) is 0 Å². The molecule has 0 aliphatic rings. The Labute approximate surface area is 122 Å². The Morgan fingerprint density at radius 1 is 1.11 bits per heavy atom. The number of aryl methyl sites for hydroxylation is 2. The molecule has 2 nitrogen and oxygen atoms in total. The average molecular weight is 320 g/mol. The van der Waals surface area contributed by atoms with Crippen LogP contribution in [0.15, 0.2) is 46.9 Å². The molecule has 0 saturated carbocycles. The number of nitrogen functional groups attached to an aromatic ring is 1. The maximum absolute atomic E-state index is 5.81. The van der Waals surface area contributed by atoms with Gasteiger partial charge in [0.1, 0.15) is 5.75 Å². The van der Waals surface area contributed by atoms with Gasteiger partial charge in [0.15, 0.2) is 0 Å². The third-order valence-corrected chi connectivity index (χ3v) is 3.49. The Hall–Kier alpha value is -1.48. The molecule has 100 valence electrons. The minimum atomic E-state index is 0.724. The molecule has 3 heteroatoms. The van der Waals surface area contributed by atoms with Crippen LogP contribution in [0.1, 0.15) is 17.5 Å². The summed E-state index contributed by atoms with van der Waals surface area (Å²) in [5.41, 5.74) is 8.93. The third-order valence-electron chi connectivity index (χ3n) is 3.00. The van der Waals surface area contributed by atoms with E-state index in [1.807, 2.05) is 24.3 Å². The molecule has 2 rings (SSSR count). The molecule has 0 aromatic heterocycles. The van der Waals surface area contributed by atoms with Crippen LogP contribution in [0.25, 0.3) is 0 Å². The largest absolute Gasteiger partial charge is 0.493 e. The maximum Gasteiger partial charge on any atom is 0.123 e. The predicted octanol–water partition coefficient (Wildman–Crippen LogP) is 4.35. The van der Waals surface area contributed by atoms with Gasteiger partial charge in [0, 0.05) is 10.2 Å². The highest BCUT2D eigenvalue weighted by molar-refractivity contribution is 9.10. The zero-order valence-electron chi connectivity index (χ0n) is 11.0. The number of hydrogen-bond donors (Lipinski definition) is 1. The van der Waals surface area contributed by atoms with Crippen molar-refractivity contribution in [1.29, 1.82) is 0 Å². The first-order valence-corrected chi connectivity index (χ1v) is 7.18. The van der Waals surface area contributed by atoms with Crippen molar-refractivity contribution in [2.45, 2.75) is 19.8 Å². The first kappa shape index (κ1) is 13.9. The SMILES string of the molecule is Cc1ccc(Br)cc1OCCCc1ccc(N)cc1. The van der Waals surface area contributed by atoms with E-state index in [1.54, 1.807) is 0 Å². The lowest BCUT2D eigenvalue weighted by Crippen LogP contribution is -2.00. The summed E-state index contributed by atoms with van der Waals surface area (Å²) in [4.78, 5) is 0. The van der Waals surface area contributed by atoms with Crippen LogP contribution < -0.4 is 10.5 Å². The van der Waals surface area contributed by atoms with Crippen LogP contribution in [-0.4, -0.2) is 6.61 Å². The van der Waals surface area contributed by atoms with E-state index >= 15 is 0 Å². The normalized spacial score (nSPS) is 10.4. The lowest BCUT2D eigenvalue weighted by molar-refractivity contribution is 0.309. The van der Waals surface area contributed by atoms with Gasteiger partial charge in [-0.25, -0.2) is 0 Å². The van der Waals surface area contributed by atoms with Crippen molar-refractivity contribution in [3.05, 3.63) is 58.1 Å². The second-order valence-electron chi connectivity index (χ2n) is 4.60. The number of benzene rings is 2. The van der Waals surface area contributed by atoms with Crippen molar-refractivity contribution >= 4 is 21.6 Å². The fourth-order valence-electron chi connectivity index (χ4n) is 1.87. The molecule has 0 unspecified atom stereocenters. The number of ether oxygens (including phenoxy) is 1. The highest BCUT2D eigenvalue weighted by atomic mass is 79.9. The molecule has 0 spiro atoms. The Balaban J connectivity index is 1.80. The summed E-state index contributed by atoms with van der Waals surface area (Å²) in [6.07, 6.45) is 2.00. The minimum Gasteiger partial charge on any atom is -0.493 e. The van der Waals surface area contributed by atoms with E-state index in [-0.39, 0.29) is 0 Å². The number of anilines is 1. The van der Waals surface area contributed by atoms with Crippen LogP contribution >= 0.6 is 15.9 Å². The molecular weight excluding hydrogens is 302 g/mol. The minimum absolute atomic E-state index is 0.724. The van der Waals surface area contributed by atoms with Gasteiger partial charge in [0.05, 0.1) is 6.61 Å². The molecule has 2 N–H and O–H groups in total. The Morgan fingerprint density at radius 3 is 2.58 bits per heavy atom. The van der Waals surface area contributed by atoms with E-state index in [4.69, 9.17) is 10.5 Å². The van der Waals surface area contributed by atoms with Crippen molar-refractivity contribution in [3.63, 3.8) is 0 Å². The van der Waals surface area contributed by atoms with Crippen LogP contribution in [0.5, 0.6) is 5.75 Å². The standard InChI is InChI=1S/C16H18BrNO/c1-12-4-7-14(17)11-16(12)19-10-2-3-13-5-8-15(18)9-6-13/h4-9,11H,2-3,10,18H2,1H3. The topological polar surface area (TPSA) is 35.2 Å². The molecule has 0 fully saturated rings. The smallest absolute Gasteiger partial charge is 0.123 e. The lowest BCUT2D eigenvalue weighted by atomic mass is 10.1. The predicted molar refractivity (Wildman–Crippen MR) is 83.5 cm³/mol. The Kier molecular flexibility index (Phi) is 4.86. The number of rotatable bonds is 5. The van der Waals surface area contributed by atoms with Gasteiger partial charge >= 0.3 is 0 Å².